The van der Waals surface area contributed by atoms with Gasteiger partial charge in [0.1, 0.15) is 9.21 Å². The van der Waals surface area contributed by atoms with Gasteiger partial charge in [-0.15, -0.1) is 0 Å². The first-order valence-electron chi connectivity index (χ1n) is 3.31. The highest BCUT2D eigenvalue weighted by Gasteiger charge is 2.07. The second kappa shape index (κ2) is 4.36. The summed E-state index contributed by atoms with van der Waals surface area (Å²) in [5.74, 6) is 0. The lowest BCUT2D eigenvalue weighted by molar-refractivity contribution is 0.0776. The van der Waals surface area contributed by atoms with Gasteiger partial charge in [-0.05, 0) is 31.9 Å². The Morgan fingerprint density at radius 1 is 1.58 bits per heavy atom. The SMILES string of the molecule is OCC(O)Cn1nc(Br)cc1Br. The van der Waals surface area contributed by atoms with Gasteiger partial charge in [0.2, 0.25) is 0 Å². The Labute approximate surface area is 86.5 Å². The average Bonchev–Trinajstić information content (AvgIpc) is 2.30. The molecule has 6 heteroatoms. The van der Waals surface area contributed by atoms with Crippen LogP contribution in [0.15, 0.2) is 15.3 Å². The van der Waals surface area contributed by atoms with E-state index in [-0.39, 0.29) is 13.2 Å². The van der Waals surface area contributed by atoms with E-state index in [9.17, 15) is 0 Å². The maximum Gasteiger partial charge on any atom is 0.129 e. The fraction of sp³-hybridized carbons (Fsp3) is 0.500. The summed E-state index contributed by atoms with van der Waals surface area (Å²) in [6, 6.07) is 1.77. The summed E-state index contributed by atoms with van der Waals surface area (Å²) in [7, 11) is 0. The van der Waals surface area contributed by atoms with Crippen LogP contribution in [0.5, 0.6) is 0 Å². The third-order valence-corrected chi connectivity index (χ3v) is 2.32. The van der Waals surface area contributed by atoms with E-state index in [4.69, 9.17) is 10.2 Å². The summed E-state index contributed by atoms with van der Waals surface area (Å²) in [5.41, 5.74) is 0. The molecule has 0 aliphatic heterocycles. The molecule has 0 aliphatic carbocycles. The number of aromatic nitrogens is 2. The molecule has 1 aromatic rings. The summed E-state index contributed by atoms with van der Waals surface area (Å²) in [6.45, 7) is 0.0204. The second-order valence-corrected chi connectivity index (χ2v) is 3.93. The lowest BCUT2D eigenvalue weighted by Gasteiger charge is -2.07. The highest BCUT2D eigenvalue weighted by molar-refractivity contribution is 9.11. The Kier molecular flexibility index (Phi) is 3.70. The molecule has 12 heavy (non-hydrogen) atoms. The van der Waals surface area contributed by atoms with Gasteiger partial charge < -0.3 is 10.2 Å². The van der Waals surface area contributed by atoms with Crippen LogP contribution in [0.25, 0.3) is 0 Å². The van der Waals surface area contributed by atoms with E-state index in [1.807, 2.05) is 0 Å². The van der Waals surface area contributed by atoms with Gasteiger partial charge in [0.15, 0.2) is 0 Å². The standard InChI is InChI=1S/C6H8Br2N2O2/c7-5-1-6(8)10(9-5)2-4(12)3-11/h1,4,11-12H,2-3H2. The van der Waals surface area contributed by atoms with Crippen molar-refractivity contribution in [1.82, 2.24) is 9.78 Å². The normalized spacial score (nSPS) is 13.3. The fourth-order valence-corrected chi connectivity index (χ4v) is 1.91. The minimum absolute atomic E-state index is 0.260. The van der Waals surface area contributed by atoms with Crippen molar-refractivity contribution >= 4 is 31.9 Å². The summed E-state index contributed by atoms with van der Waals surface area (Å²) < 4.78 is 3.02. The second-order valence-electron chi connectivity index (χ2n) is 2.31. The molecule has 0 saturated carbocycles. The van der Waals surface area contributed by atoms with E-state index < -0.39 is 6.10 Å². The molecule has 0 fully saturated rings. The average molecular weight is 300 g/mol. The molecule has 1 unspecified atom stereocenters. The number of hydrogen-bond acceptors (Lipinski definition) is 3. The minimum atomic E-state index is -0.770. The van der Waals surface area contributed by atoms with Crippen molar-refractivity contribution < 1.29 is 10.2 Å². The topological polar surface area (TPSA) is 58.3 Å². The monoisotopic (exact) mass is 298 g/mol. The van der Waals surface area contributed by atoms with Crippen molar-refractivity contribution in [2.24, 2.45) is 0 Å². The van der Waals surface area contributed by atoms with Crippen LogP contribution in [0, 0.1) is 0 Å². The van der Waals surface area contributed by atoms with Gasteiger partial charge in [-0.3, -0.25) is 4.68 Å². The van der Waals surface area contributed by atoms with Crippen molar-refractivity contribution in [3.63, 3.8) is 0 Å². The molecule has 0 radical (unpaired) electrons. The van der Waals surface area contributed by atoms with Crippen molar-refractivity contribution in [2.45, 2.75) is 12.6 Å². The van der Waals surface area contributed by atoms with Gasteiger partial charge in [-0.2, -0.15) is 5.10 Å². The summed E-state index contributed by atoms with van der Waals surface area (Å²) >= 11 is 6.44. The molecule has 4 nitrogen and oxygen atoms in total. The quantitative estimate of drug-likeness (QED) is 0.866. The maximum absolute atomic E-state index is 9.10. The van der Waals surface area contributed by atoms with Crippen LogP contribution in [-0.2, 0) is 6.54 Å². The molecule has 0 aromatic carbocycles. The number of aliphatic hydroxyl groups is 2. The Hall–Kier alpha value is 0.0900. The van der Waals surface area contributed by atoms with Crippen molar-refractivity contribution in [3.05, 3.63) is 15.3 Å². The lowest BCUT2D eigenvalue weighted by Crippen LogP contribution is -2.20. The summed E-state index contributed by atoms with van der Waals surface area (Å²) in [4.78, 5) is 0. The van der Waals surface area contributed by atoms with Crippen LogP contribution in [0.4, 0.5) is 0 Å². The van der Waals surface area contributed by atoms with Gasteiger partial charge in [0, 0.05) is 6.07 Å². The molecule has 2 N–H and O–H groups in total. The maximum atomic E-state index is 9.10. The van der Waals surface area contributed by atoms with Gasteiger partial charge in [0.25, 0.3) is 0 Å². The largest absolute Gasteiger partial charge is 0.394 e. The number of hydrogen-bond donors (Lipinski definition) is 2. The molecule has 0 aliphatic rings. The Balaban J connectivity index is 2.68. The molecule has 0 bridgehead atoms. The zero-order valence-corrected chi connectivity index (χ0v) is 9.29. The van der Waals surface area contributed by atoms with Gasteiger partial charge in [0.05, 0.1) is 19.3 Å². The van der Waals surface area contributed by atoms with E-state index in [1.165, 1.54) is 0 Å². The van der Waals surface area contributed by atoms with Crippen molar-refractivity contribution in [3.8, 4) is 0 Å². The molecule has 1 rings (SSSR count). The van der Waals surface area contributed by atoms with Gasteiger partial charge in [-0.25, -0.2) is 0 Å². The highest BCUT2D eigenvalue weighted by Crippen LogP contribution is 2.16. The number of halogens is 2. The molecule has 0 saturated heterocycles. The van der Waals surface area contributed by atoms with Crippen LogP contribution in [-0.4, -0.2) is 32.7 Å². The molecular weight excluding hydrogens is 292 g/mol. The van der Waals surface area contributed by atoms with E-state index in [2.05, 4.69) is 37.0 Å². The molecule has 1 aromatic heterocycles. The van der Waals surface area contributed by atoms with Crippen molar-refractivity contribution in [2.75, 3.05) is 6.61 Å². The first kappa shape index (κ1) is 10.2. The van der Waals surface area contributed by atoms with Crippen molar-refractivity contribution in [1.29, 1.82) is 0 Å². The third-order valence-electron chi connectivity index (χ3n) is 1.30. The Morgan fingerprint density at radius 2 is 2.25 bits per heavy atom. The molecule has 0 amide bonds. The molecule has 68 valence electrons. The minimum Gasteiger partial charge on any atom is -0.394 e. The number of rotatable bonds is 3. The van der Waals surface area contributed by atoms with E-state index in [1.54, 1.807) is 10.7 Å². The van der Waals surface area contributed by atoms with Crippen LogP contribution in [0.2, 0.25) is 0 Å². The van der Waals surface area contributed by atoms with Gasteiger partial charge in [-0.1, -0.05) is 0 Å². The first-order valence-corrected chi connectivity index (χ1v) is 4.90. The lowest BCUT2D eigenvalue weighted by atomic mass is 10.4. The number of nitrogens with zero attached hydrogens (tertiary/aromatic N) is 2. The zero-order valence-electron chi connectivity index (χ0n) is 6.11. The number of aliphatic hydroxyl groups excluding tert-OH is 2. The van der Waals surface area contributed by atoms with Crippen LogP contribution in [0.3, 0.4) is 0 Å². The predicted octanol–water partition coefficient (Wildman–Crippen LogP) is 0.761. The van der Waals surface area contributed by atoms with E-state index in [0.717, 1.165) is 4.60 Å². The van der Waals surface area contributed by atoms with Crippen LogP contribution >= 0.6 is 31.9 Å². The van der Waals surface area contributed by atoms with E-state index in [0.29, 0.717) is 4.60 Å². The van der Waals surface area contributed by atoms with Gasteiger partial charge >= 0.3 is 0 Å². The third kappa shape index (κ3) is 2.55. The fourth-order valence-electron chi connectivity index (χ4n) is 0.750. The van der Waals surface area contributed by atoms with E-state index >= 15 is 0 Å². The predicted molar refractivity (Wildman–Crippen MR) is 50.7 cm³/mol. The smallest absolute Gasteiger partial charge is 0.129 e. The first-order chi connectivity index (χ1) is 5.63. The highest BCUT2D eigenvalue weighted by atomic mass is 79.9. The molecular formula is C6H8Br2N2O2. The summed E-state index contributed by atoms with van der Waals surface area (Å²) in [6.07, 6.45) is -0.770. The Bertz CT molecular complexity index is 264. The van der Waals surface area contributed by atoms with Crippen LogP contribution < -0.4 is 0 Å². The molecule has 1 heterocycles. The summed E-state index contributed by atoms with van der Waals surface area (Å²) in [5, 5.41) is 21.7. The molecule has 1 atom stereocenters. The Morgan fingerprint density at radius 3 is 2.67 bits per heavy atom. The zero-order chi connectivity index (χ0) is 9.14. The molecule has 0 spiro atoms. The van der Waals surface area contributed by atoms with Crippen LogP contribution in [0.1, 0.15) is 0 Å².